The Hall–Kier alpha value is -2.84. The van der Waals surface area contributed by atoms with E-state index >= 15 is 0 Å². The second-order valence-electron chi connectivity index (χ2n) is 7.27. The van der Waals surface area contributed by atoms with E-state index in [1.807, 2.05) is 30.5 Å². The molecular weight excluding hydrogens is 400 g/mol. The Morgan fingerprint density at radius 2 is 2.10 bits per heavy atom. The van der Waals surface area contributed by atoms with Gasteiger partial charge < -0.3 is 19.7 Å². The molecule has 0 radical (unpaired) electrons. The number of aliphatic hydroxyl groups is 1. The van der Waals surface area contributed by atoms with Crippen molar-refractivity contribution in [3.8, 4) is 0 Å². The number of nitrogens with one attached hydrogen (secondary N) is 2. The van der Waals surface area contributed by atoms with E-state index in [4.69, 9.17) is 9.83 Å². The Morgan fingerprint density at radius 1 is 1.33 bits per heavy atom. The molecule has 1 aliphatic rings. The van der Waals surface area contributed by atoms with Crippen molar-refractivity contribution in [1.82, 2.24) is 9.88 Å². The maximum Gasteiger partial charge on any atom is 0.272 e. The van der Waals surface area contributed by atoms with Gasteiger partial charge in [0.2, 0.25) is 0 Å². The lowest BCUT2D eigenvalue weighted by molar-refractivity contribution is 0.0541. The van der Waals surface area contributed by atoms with Crippen molar-refractivity contribution in [2.45, 2.75) is 18.9 Å². The van der Waals surface area contributed by atoms with Crippen molar-refractivity contribution in [2.24, 2.45) is 0 Å². The van der Waals surface area contributed by atoms with E-state index in [0.717, 1.165) is 11.0 Å². The molecule has 0 unspecified atom stereocenters. The molecule has 1 saturated heterocycles. The highest BCUT2D eigenvalue weighted by Gasteiger charge is 2.24. The van der Waals surface area contributed by atoms with Crippen molar-refractivity contribution >= 4 is 40.0 Å². The van der Waals surface area contributed by atoms with Gasteiger partial charge >= 0.3 is 0 Å². The van der Waals surface area contributed by atoms with Gasteiger partial charge in [-0.25, -0.2) is 0 Å². The summed E-state index contributed by atoms with van der Waals surface area (Å²) in [5.74, 6) is 0.487. The van der Waals surface area contributed by atoms with Crippen LogP contribution in [0.25, 0.3) is 11.0 Å². The number of aromatic nitrogens is 1. The molecule has 8 heteroatoms. The molecule has 1 fully saturated rings. The number of amides is 1. The number of benzene rings is 1. The number of carbonyl (C=O) groups excluding carboxylic acids is 1. The summed E-state index contributed by atoms with van der Waals surface area (Å²) in [6, 6.07) is 9.32. The van der Waals surface area contributed by atoms with E-state index in [1.54, 1.807) is 35.2 Å². The highest BCUT2D eigenvalue weighted by atomic mass is 32.2. The summed E-state index contributed by atoms with van der Waals surface area (Å²) in [6.07, 6.45) is 5.98. The third kappa shape index (κ3) is 4.06. The molecule has 0 aliphatic carbocycles. The first-order valence-corrected chi connectivity index (χ1v) is 11.2. The molecule has 0 spiro atoms. The number of aliphatic hydroxyl groups excluding tert-OH is 1. The maximum atomic E-state index is 12.9. The number of fused-ring (bicyclic) bond motifs is 1. The lowest BCUT2D eigenvalue weighted by Gasteiger charge is -2.29. The molecule has 4 rings (SSSR count). The number of hydrogen-bond donors (Lipinski definition) is 3. The van der Waals surface area contributed by atoms with E-state index < -0.39 is 0 Å². The third-order valence-corrected chi connectivity index (χ3v) is 5.73. The zero-order valence-electron chi connectivity index (χ0n) is 16.7. The van der Waals surface area contributed by atoms with E-state index in [-0.39, 0.29) is 17.7 Å². The van der Waals surface area contributed by atoms with Gasteiger partial charge in [0.15, 0.2) is 0 Å². The van der Waals surface area contributed by atoms with Crippen LogP contribution in [0.15, 0.2) is 47.2 Å². The van der Waals surface area contributed by atoms with Crippen LogP contribution in [0.3, 0.4) is 0 Å². The lowest BCUT2D eigenvalue weighted by atomic mass is 10.0. The van der Waals surface area contributed by atoms with Crippen molar-refractivity contribution < 1.29 is 14.3 Å². The average Bonchev–Trinajstić information content (AvgIpc) is 3.21. The van der Waals surface area contributed by atoms with Crippen LogP contribution in [0.4, 0.5) is 5.69 Å². The minimum absolute atomic E-state index is 0.152. The Bertz CT molecular complexity index is 1070. The lowest BCUT2D eigenvalue weighted by Crippen LogP contribution is -2.40. The molecule has 3 heterocycles. The van der Waals surface area contributed by atoms with Crippen LogP contribution >= 0.6 is 11.8 Å². The number of piperidine rings is 1. The van der Waals surface area contributed by atoms with Gasteiger partial charge in [0, 0.05) is 41.5 Å². The fraction of sp³-hybridized carbons (Fsp3) is 0.318. The predicted octanol–water partition coefficient (Wildman–Crippen LogP) is 3.57. The predicted molar refractivity (Wildman–Crippen MR) is 120 cm³/mol. The molecule has 7 nitrogen and oxygen atoms in total. The van der Waals surface area contributed by atoms with Gasteiger partial charge in [0.05, 0.1) is 17.7 Å². The highest BCUT2D eigenvalue weighted by molar-refractivity contribution is 7.98. The summed E-state index contributed by atoms with van der Waals surface area (Å²) >= 11 is 1.62. The first-order valence-electron chi connectivity index (χ1n) is 9.84. The maximum absolute atomic E-state index is 12.9. The van der Waals surface area contributed by atoms with Crippen molar-refractivity contribution in [2.75, 3.05) is 30.5 Å². The zero-order chi connectivity index (χ0) is 21.1. The van der Waals surface area contributed by atoms with Gasteiger partial charge in [-0.1, -0.05) is 18.2 Å². The van der Waals surface area contributed by atoms with E-state index in [9.17, 15) is 9.90 Å². The molecule has 0 atom stereocenters. The topological polar surface area (TPSA) is 102 Å². The number of hydrogen-bond acceptors (Lipinski definition) is 7. The Labute approximate surface area is 179 Å². The average molecular weight is 425 g/mol. The molecule has 1 aromatic carbocycles. The third-order valence-electron chi connectivity index (χ3n) is 5.30. The minimum atomic E-state index is -0.339. The second-order valence-corrected chi connectivity index (χ2v) is 8.13. The number of furan rings is 1. The number of rotatable bonds is 6. The smallest absolute Gasteiger partial charge is 0.272 e. The largest absolute Gasteiger partial charge is 0.464 e. The molecular formula is C22H24N4O3S. The second kappa shape index (κ2) is 8.89. The number of anilines is 1. The van der Waals surface area contributed by atoms with Crippen molar-refractivity contribution in [3.05, 3.63) is 59.6 Å². The number of carbonyl (C=O) groups is 1. The van der Waals surface area contributed by atoms with Gasteiger partial charge in [0.1, 0.15) is 17.5 Å². The SMILES string of the molecule is CSCNc1cc(C(=O)N2CCC(O)CC2)ncc1C(=N)c1coc2ccccc12. The van der Waals surface area contributed by atoms with Crippen molar-refractivity contribution in [1.29, 1.82) is 5.41 Å². The van der Waals surface area contributed by atoms with Crippen LogP contribution in [-0.4, -0.2) is 57.9 Å². The number of para-hydroxylation sites is 1. The number of pyridine rings is 1. The molecule has 1 amide bonds. The van der Waals surface area contributed by atoms with Crippen LogP contribution in [0, 0.1) is 5.41 Å². The van der Waals surface area contributed by atoms with Crippen LogP contribution in [0.5, 0.6) is 0 Å². The number of nitrogens with zero attached hydrogens (tertiary/aromatic N) is 2. The fourth-order valence-corrected chi connectivity index (χ4v) is 3.92. The van der Waals surface area contributed by atoms with Gasteiger partial charge in [-0.15, -0.1) is 11.8 Å². The Kier molecular flexibility index (Phi) is 6.06. The highest BCUT2D eigenvalue weighted by Crippen LogP contribution is 2.27. The molecule has 156 valence electrons. The van der Waals surface area contributed by atoms with Crippen LogP contribution < -0.4 is 5.32 Å². The Morgan fingerprint density at radius 3 is 2.87 bits per heavy atom. The van der Waals surface area contributed by atoms with Gasteiger partial charge in [-0.05, 0) is 31.2 Å². The van der Waals surface area contributed by atoms with E-state index in [2.05, 4.69) is 10.3 Å². The molecule has 3 aromatic rings. The van der Waals surface area contributed by atoms with Crippen molar-refractivity contribution in [3.63, 3.8) is 0 Å². The zero-order valence-corrected chi connectivity index (χ0v) is 17.5. The number of thioether (sulfide) groups is 1. The normalized spacial score (nSPS) is 14.8. The monoisotopic (exact) mass is 424 g/mol. The van der Waals surface area contributed by atoms with Crippen LogP contribution in [0.2, 0.25) is 0 Å². The fourth-order valence-electron chi connectivity index (χ4n) is 3.62. The summed E-state index contributed by atoms with van der Waals surface area (Å²) in [6.45, 7) is 1.04. The Balaban J connectivity index is 1.66. The number of likely N-dealkylation sites (tertiary alicyclic amines) is 1. The molecule has 0 bridgehead atoms. The molecule has 2 aromatic heterocycles. The summed E-state index contributed by atoms with van der Waals surface area (Å²) < 4.78 is 5.60. The molecule has 1 aliphatic heterocycles. The molecule has 0 saturated carbocycles. The van der Waals surface area contributed by atoms with E-state index in [0.29, 0.717) is 54.3 Å². The first kappa shape index (κ1) is 20.4. The first-order chi connectivity index (χ1) is 14.6. The minimum Gasteiger partial charge on any atom is -0.464 e. The van der Waals surface area contributed by atoms with Crippen LogP contribution in [-0.2, 0) is 0 Å². The molecule has 30 heavy (non-hydrogen) atoms. The van der Waals surface area contributed by atoms with Gasteiger partial charge in [-0.3, -0.25) is 15.2 Å². The standard InChI is InChI=1S/C22H24N4O3S/c1-30-13-25-18-10-19(22(28)26-8-6-14(27)7-9-26)24-11-16(18)21(23)17-12-29-20-5-3-2-4-15(17)20/h2-5,10-12,14,23,27H,6-9,13H2,1H3,(H,24,25). The summed E-state index contributed by atoms with van der Waals surface area (Å²) in [4.78, 5) is 19.0. The van der Waals surface area contributed by atoms with E-state index in [1.165, 1.54) is 0 Å². The van der Waals surface area contributed by atoms with Gasteiger partial charge in [0.25, 0.3) is 5.91 Å². The summed E-state index contributed by atoms with van der Waals surface area (Å²) in [5, 5.41) is 22.6. The molecule has 3 N–H and O–H groups in total. The summed E-state index contributed by atoms with van der Waals surface area (Å²) in [7, 11) is 0. The van der Waals surface area contributed by atoms with Gasteiger partial charge in [-0.2, -0.15) is 0 Å². The quantitative estimate of drug-likeness (QED) is 0.413. The van der Waals surface area contributed by atoms with Crippen LogP contribution in [0.1, 0.15) is 34.5 Å². The summed E-state index contributed by atoms with van der Waals surface area (Å²) in [5.41, 5.74) is 3.34.